The number of nitrogens with zero attached hydrogens (tertiary/aromatic N) is 4. The maximum atomic E-state index is 12.9. The maximum absolute atomic E-state index is 12.9. The van der Waals surface area contributed by atoms with Gasteiger partial charge in [-0.25, -0.2) is 30.7 Å². The summed E-state index contributed by atoms with van der Waals surface area (Å²) in [5.74, 6) is 0. The van der Waals surface area contributed by atoms with E-state index in [4.69, 9.17) is 0 Å². The Labute approximate surface area is 141 Å². The van der Waals surface area contributed by atoms with Crippen molar-refractivity contribution in [3.8, 4) is 0 Å². The summed E-state index contributed by atoms with van der Waals surface area (Å²) in [6.45, 7) is 3.20. The van der Waals surface area contributed by atoms with Gasteiger partial charge in [0.05, 0.1) is 12.2 Å². The van der Waals surface area contributed by atoms with Gasteiger partial charge in [-0.05, 0) is 19.9 Å². The molecule has 0 atom stereocenters. The van der Waals surface area contributed by atoms with Crippen molar-refractivity contribution >= 4 is 10.0 Å². The lowest BCUT2D eigenvalue weighted by atomic mass is 10.3. The highest BCUT2D eigenvalue weighted by Crippen LogP contribution is 2.24. The van der Waals surface area contributed by atoms with Crippen molar-refractivity contribution in [1.82, 2.24) is 24.3 Å². The fraction of sp³-hybridized carbons (Fsp3) is 0.538. The highest BCUT2D eigenvalue weighted by atomic mass is 32.2. The predicted molar refractivity (Wildman–Crippen MR) is 80.0 cm³/mol. The molecule has 7 nitrogen and oxygen atoms in total. The summed E-state index contributed by atoms with van der Waals surface area (Å²) in [4.78, 5) is -0.0304. The largest absolute Gasteiger partial charge is 0.282 e. The second kappa shape index (κ2) is 7.52. The molecule has 0 saturated carbocycles. The molecule has 0 saturated heterocycles. The summed E-state index contributed by atoms with van der Waals surface area (Å²) in [6.07, 6.45) is -4.63. The Hall–Kier alpha value is -1.95. The van der Waals surface area contributed by atoms with Gasteiger partial charge in [-0.15, -0.1) is 0 Å². The second-order valence-electron chi connectivity index (χ2n) is 5.15. The number of nitrogens with one attached hydrogen (secondary N) is 1. The molecule has 2 heterocycles. The Morgan fingerprint density at radius 3 is 2.40 bits per heavy atom. The fourth-order valence-corrected chi connectivity index (χ4v) is 3.41. The van der Waals surface area contributed by atoms with Crippen LogP contribution in [0.15, 0.2) is 17.2 Å². The van der Waals surface area contributed by atoms with E-state index in [0.717, 1.165) is 0 Å². The lowest BCUT2D eigenvalue weighted by Gasteiger charge is -2.08. The first-order chi connectivity index (χ1) is 11.7. The topological polar surface area (TPSA) is 81.8 Å². The van der Waals surface area contributed by atoms with Crippen molar-refractivity contribution < 1.29 is 26.0 Å². The highest BCUT2D eigenvalue weighted by molar-refractivity contribution is 7.89. The molecule has 25 heavy (non-hydrogen) atoms. The van der Waals surface area contributed by atoms with E-state index in [1.54, 1.807) is 6.92 Å². The van der Waals surface area contributed by atoms with Crippen LogP contribution >= 0.6 is 0 Å². The summed E-state index contributed by atoms with van der Waals surface area (Å²) in [5.41, 5.74) is -1.18. The molecule has 0 fully saturated rings. The molecule has 0 aromatic carbocycles. The Morgan fingerprint density at radius 1 is 1.20 bits per heavy atom. The molecule has 12 heteroatoms. The first-order valence-electron chi connectivity index (χ1n) is 7.33. The van der Waals surface area contributed by atoms with Gasteiger partial charge in [-0.2, -0.15) is 10.2 Å². The molecule has 2 aromatic heterocycles. The smallest absolute Gasteiger partial charge is 0.271 e. The zero-order valence-corrected chi connectivity index (χ0v) is 14.3. The number of rotatable bonds is 8. The molecule has 0 spiro atoms. The molecule has 0 bridgehead atoms. The van der Waals surface area contributed by atoms with E-state index in [-0.39, 0.29) is 18.0 Å². The first kappa shape index (κ1) is 19.4. The summed E-state index contributed by atoms with van der Waals surface area (Å²) in [6, 6.07) is 0.610. The van der Waals surface area contributed by atoms with Crippen molar-refractivity contribution in [3.63, 3.8) is 0 Å². The average Bonchev–Trinajstić information content (AvgIpc) is 3.11. The highest BCUT2D eigenvalue weighted by Gasteiger charge is 2.23. The van der Waals surface area contributed by atoms with Crippen LogP contribution in [0.5, 0.6) is 0 Å². The minimum Gasteiger partial charge on any atom is -0.271 e. The van der Waals surface area contributed by atoms with Crippen molar-refractivity contribution in [1.29, 1.82) is 0 Å². The minimum atomic E-state index is -3.90. The Kier molecular flexibility index (Phi) is 5.83. The third-order valence-electron chi connectivity index (χ3n) is 3.41. The van der Waals surface area contributed by atoms with Crippen LogP contribution in [0.3, 0.4) is 0 Å². The van der Waals surface area contributed by atoms with E-state index >= 15 is 0 Å². The van der Waals surface area contributed by atoms with Gasteiger partial charge in [-0.3, -0.25) is 9.36 Å². The zero-order valence-electron chi connectivity index (χ0n) is 13.5. The van der Waals surface area contributed by atoms with E-state index in [1.165, 1.54) is 17.8 Å². The first-order valence-corrected chi connectivity index (χ1v) is 8.81. The molecule has 0 radical (unpaired) electrons. The van der Waals surface area contributed by atoms with Crippen LogP contribution in [0.4, 0.5) is 17.6 Å². The monoisotopic (exact) mass is 383 g/mol. The van der Waals surface area contributed by atoms with Crippen LogP contribution in [0.1, 0.15) is 36.9 Å². The number of aryl methyl sites for hydroxylation is 2. The summed E-state index contributed by atoms with van der Waals surface area (Å²) in [7, 11) is -3.90. The van der Waals surface area contributed by atoms with Crippen molar-refractivity contribution in [2.24, 2.45) is 0 Å². The molecular weight excluding hydrogens is 366 g/mol. The molecule has 0 aliphatic carbocycles. The third-order valence-corrected chi connectivity index (χ3v) is 4.97. The molecule has 0 aliphatic heterocycles. The predicted octanol–water partition coefficient (Wildman–Crippen LogP) is 2.26. The SMILES string of the molecule is CCn1cc(S(=O)(=O)NCCn2nc(C(F)F)cc2C(F)F)c(C)n1. The summed E-state index contributed by atoms with van der Waals surface area (Å²) in [5, 5.41) is 7.41. The molecule has 0 unspecified atom stereocenters. The normalized spacial score (nSPS) is 12.5. The van der Waals surface area contributed by atoms with Gasteiger partial charge >= 0.3 is 0 Å². The number of sulfonamides is 1. The fourth-order valence-electron chi connectivity index (χ4n) is 2.20. The van der Waals surface area contributed by atoms with E-state index in [0.29, 0.717) is 23.0 Å². The van der Waals surface area contributed by atoms with Crippen molar-refractivity contribution in [3.05, 3.63) is 29.3 Å². The molecule has 140 valence electrons. The van der Waals surface area contributed by atoms with Crippen molar-refractivity contribution in [2.75, 3.05) is 6.54 Å². The van der Waals surface area contributed by atoms with Crippen LogP contribution in [-0.4, -0.2) is 34.5 Å². The van der Waals surface area contributed by atoms with Gasteiger partial charge in [0.1, 0.15) is 16.3 Å². The maximum Gasteiger partial charge on any atom is 0.282 e. The number of aromatic nitrogens is 4. The zero-order chi connectivity index (χ0) is 18.8. The number of alkyl halides is 4. The summed E-state index contributed by atoms with van der Waals surface area (Å²) < 4.78 is 79.8. The minimum absolute atomic E-state index is 0.0304. The third kappa shape index (κ3) is 4.37. The molecule has 1 N–H and O–H groups in total. The molecule has 2 rings (SSSR count). The van der Waals surface area contributed by atoms with Crippen LogP contribution in [0, 0.1) is 6.92 Å². The quantitative estimate of drug-likeness (QED) is 0.709. The van der Waals surface area contributed by atoms with E-state index in [1.807, 2.05) is 0 Å². The molecule has 2 aromatic rings. The Morgan fingerprint density at radius 2 is 1.88 bits per heavy atom. The van der Waals surface area contributed by atoms with E-state index in [9.17, 15) is 26.0 Å². The van der Waals surface area contributed by atoms with Gasteiger partial charge in [0, 0.05) is 19.3 Å². The lowest BCUT2D eigenvalue weighted by Crippen LogP contribution is -2.28. The van der Waals surface area contributed by atoms with Gasteiger partial charge in [-0.1, -0.05) is 0 Å². The van der Waals surface area contributed by atoms with Crippen LogP contribution < -0.4 is 4.72 Å². The summed E-state index contributed by atoms with van der Waals surface area (Å²) >= 11 is 0. The van der Waals surface area contributed by atoms with Gasteiger partial charge in [0.2, 0.25) is 10.0 Å². The lowest BCUT2D eigenvalue weighted by molar-refractivity contribution is 0.139. The molecule has 0 aliphatic rings. The number of hydrogen-bond donors (Lipinski definition) is 1. The Bertz CT molecular complexity index is 832. The standard InChI is InChI=1S/C13H17F4N5O2S/c1-3-21-7-11(8(2)19-21)25(23,24)18-4-5-22-10(13(16)17)6-9(20-22)12(14)15/h6-7,12-13,18H,3-5H2,1-2H3. The van der Waals surface area contributed by atoms with Gasteiger partial charge in [0.25, 0.3) is 12.9 Å². The Balaban J connectivity index is 2.10. The van der Waals surface area contributed by atoms with Crippen LogP contribution in [0.2, 0.25) is 0 Å². The van der Waals surface area contributed by atoms with E-state index in [2.05, 4.69) is 14.9 Å². The van der Waals surface area contributed by atoms with Crippen LogP contribution in [0.25, 0.3) is 0 Å². The van der Waals surface area contributed by atoms with E-state index < -0.39 is 34.3 Å². The second-order valence-corrected chi connectivity index (χ2v) is 6.89. The molecular formula is C13H17F4N5O2S. The van der Waals surface area contributed by atoms with Gasteiger partial charge in [0.15, 0.2) is 0 Å². The van der Waals surface area contributed by atoms with Crippen LogP contribution in [-0.2, 0) is 23.1 Å². The molecule has 0 amide bonds. The number of hydrogen-bond acceptors (Lipinski definition) is 4. The van der Waals surface area contributed by atoms with Gasteiger partial charge < -0.3 is 0 Å². The number of halogens is 4. The van der Waals surface area contributed by atoms with Crippen molar-refractivity contribution in [2.45, 2.75) is 44.7 Å². The average molecular weight is 383 g/mol.